The average molecular weight is 363 g/mol. The number of benzene rings is 2. The van der Waals surface area contributed by atoms with E-state index < -0.39 is 27.7 Å². The third-order valence-corrected chi connectivity index (χ3v) is 5.13. The summed E-state index contributed by atoms with van der Waals surface area (Å²) in [4.78, 5) is 3.88. The molecule has 0 saturated carbocycles. The first kappa shape index (κ1) is 17.2. The minimum absolute atomic E-state index is 0.122. The van der Waals surface area contributed by atoms with E-state index in [0.717, 1.165) is 12.1 Å². The zero-order valence-electron chi connectivity index (χ0n) is 13.2. The van der Waals surface area contributed by atoms with Gasteiger partial charge in [0.2, 0.25) is 10.0 Å². The maximum Gasteiger partial charge on any atom is 0.241 e. The molecule has 25 heavy (non-hydrogen) atoms. The molecule has 1 aromatic heterocycles. The number of rotatable bonds is 5. The predicted octanol–water partition coefficient (Wildman–Crippen LogP) is 2.77. The number of aromatic nitrogens is 2. The van der Waals surface area contributed by atoms with Crippen LogP contribution in [0.5, 0.6) is 0 Å². The van der Waals surface area contributed by atoms with Crippen LogP contribution >= 0.6 is 0 Å². The highest BCUT2D eigenvalue weighted by molar-refractivity contribution is 7.89. The van der Waals surface area contributed by atoms with Crippen LogP contribution in [0.15, 0.2) is 65.8 Å². The fraction of sp³-hybridized carbons (Fsp3) is 0.118. The molecule has 0 saturated heterocycles. The van der Waals surface area contributed by atoms with Crippen molar-refractivity contribution in [2.24, 2.45) is 7.05 Å². The van der Waals surface area contributed by atoms with Gasteiger partial charge < -0.3 is 4.57 Å². The summed E-state index contributed by atoms with van der Waals surface area (Å²) in [5.41, 5.74) is 0.122. The molecule has 3 aromatic rings. The second kappa shape index (κ2) is 6.73. The van der Waals surface area contributed by atoms with E-state index in [1.165, 1.54) is 36.5 Å². The Morgan fingerprint density at radius 2 is 1.88 bits per heavy atom. The third-order valence-electron chi connectivity index (χ3n) is 3.71. The Kier molecular flexibility index (Phi) is 4.65. The number of sulfonamides is 1. The molecular formula is C17H15F2N3O2S. The van der Waals surface area contributed by atoms with Gasteiger partial charge in [-0.15, -0.1) is 0 Å². The molecule has 5 nitrogen and oxygen atoms in total. The number of aryl methyl sites for hydroxylation is 1. The Bertz CT molecular complexity index is 1000. The molecule has 3 rings (SSSR count). The van der Waals surface area contributed by atoms with Gasteiger partial charge in [0.15, 0.2) is 0 Å². The van der Waals surface area contributed by atoms with E-state index in [2.05, 4.69) is 9.71 Å². The Labute approximate surface area is 144 Å². The minimum atomic E-state index is -4.10. The summed E-state index contributed by atoms with van der Waals surface area (Å²) in [5, 5.41) is 0. The largest absolute Gasteiger partial charge is 0.336 e. The van der Waals surface area contributed by atoms with Gasteiger partial charge >= 0.3 is 0 Å². The molecule has 0 aliphatic heterocycles. The first-order valence-electron chi connectivity index (χ1n) is 7.38. The van der Waals surface area contributed by atoms with E-state index >= 15 is 0 Å². The van der Waals surface area contributed by atoms with Crippen LogP contribution in [0.1, 0.15) is 17.4 Å². The second-order valence-corrected chi connectivity index (χ2v) is 7.14. The lowest BCUT2D eigenvalue weighted by Gasteiger charge is -2.19. The Morgan fingerprint density at radius 1 is 1.12 bits per heavy atom. The van der Waals surface area contributed by atoms with E-state index in [9.17, 15) is 17.2 Å². The van der Waals surface area contributed by atoms with Crippen molar-refractivity contribution >= 4 is 10.0 Å². The van der Waals surface area contributed by atoms with Crippen LogP contribution in [-0.2, 0) is 17.1 Å². The van der Waals surface area contributed by atoms with Gasteiger partial charge in [-0.2, -0.15) is 4.72 Å². The van der Waals surface area contributed by atoms with E-state index in [4.69, 9.17) is 0 Å². The molecule has 0 bridgehead atoms. The molecule has 0 aliphatic rings. The van der Waals surface area contributed by atoms with E-state index in [1.54, 1.807) is 23.9 Å². The number of halogens is 2. The quantitative estimate of drug-likeness (QED) is 0.758. The number of hydrogen-bond acceptors (Lipinski definition) is 3. The van der Waals surface area contributed by atoms with Crippen LogP contribution < -0.4 is 4.72 Å². The number of imidazole rings is 1. The molecule has 0 radical (unpaired) electrons. The fourth-order valence-corrected chi connectivity index (χ4v) is 3.68. The average Bonchev–Trinajstić information content (AvgIpc) is 2.99. The number of nitrogens with one attached hydrogen (secondary N) is 1. The first-order chi connectivity index (χ1) is 11.9. The van der Waals surface area contributed by atoms with Crippen LogP contribution in [0.2, 0.25) is 0 Å². The standard InChI is InChI=1S/C17H15F2N3O2S/c1-22-10-9-20-17(22)16(14-7-2-3-8-15(14)19)21-25(23,24)13-6-4-5-12(18)11-13/h2-11,16,21H,1H3. The van der Waals surface area contributed by atoms with Gasteiger partial charge in [-0.05, 0) is 24.3 Å². The minimum Gasteiger partial charge on any atom is -0.336 e. The summed E-state index contributed by atoms with van der Waals surface area (Å²) < 4.78 is 57.0. The van der Waals surface area contributed by atoms with Gasteiger partial charge in [0.1, 0.15) is 23.5 Å². The molecule has 0 amide bonds. The van der Waals surface area contributed by atoms with Crippen LogP contribution in [0, 0.1) is 11.6 Å². The highest BCUT2D eigenvalue weighted by Crippen LogP contribution is 2.25. The highest BCUT2D eigenvalue weighted by atomic mass is 32.2. The molecular weight excluding hydrogens is 348 g/mol. The highest BCUT2D eigenvalue weighted by Gasteiger charge is 2.27. The zero-order chi connectivity index (χ0) is 18.0. The maximum absolute atomic E-state index is 14.3. The molecule has 0 fully saturated rings. The fourth-order valence-electron chi connectivity index (χ4n) is 2.48. The van der Waals surface area contributed by atoms with Gasteiger partial charge in [0.05, 0.1) is 4.90 Å². The van der Waals surface area contributed by atoms with Crippen molar-refractivity contribution in [1.29, 1.82) is 0 Å². The van der Waals surface area contributed by atoms with Gasteiger partial charge in [-0.3, -0.25) is 0 Å². The Balaban J connectivity index is 2.07. The lowest BCUT2D eigenvalue weighted by molar-refractivity contribution is 0.543. The molecule has 130 valence electrons. The summed E-state index contributed by atoms with van der Waals surface area (Å²) in [5.74, 6) is -0.940. The van der Waals surface area contributed by atoms with E-state index in [1.807, 2.05) is 0 Å². The van der Waals surface area contributed by atoms with Crippen LogP contribution in [-0.4, -0.2) is 18.0 Å². The normalized spacial score (nSPS) is 12.9. The van der Waals surface area contributed by atoms with E-state index in [0.29, 0.717) is 5.82 Å². The Hall–Kier alpha value is -2.58. The lowest BCUT2D eigenvalue weighted by Crippen LogP contribution is -2.31. The molecule has 0 spiro atoms. The van der Waals surface area contributed by atoms with Gasteiger partial charge in [-0.1, -0.05) is 24.3 Å². The third kappa shape index (κ3) is 3.59. The van der Waals surface area contributed by atoms with Crippen molar-refractivity contribution in [1.82, 2.24) is 14.3 Å². The summed E-state index contributed by atoms with van der Waals surface area (Å²) in [6.07, 6.45) is 3.11. The SMILES string of the molecule is Cn1ccnc1C(NS(=O)(=O)c1cccc(F)c1)c1ccccc1F. The monoisotopic (exact) mass is 363 g/mol. The second-order valence-electron chi connectivity index (χ2n) is 5.43. The van der Waals surface area contributed by atoms with Crippen molar-refractivity contribution in [3.05, 3.63) is 83.9 Å². The summed E-state index contributed by atoms with van der Waals surface area (Å²) in [6, 6.07) is 9.37. The molecule has 8 heteroatoms. The predicted molar refractivity (Wildman–Crippen MR) is 88.2 cm³/mol. The van der Waals surface area contributed by atoms with Crippen molar-refractivity contribution < 1.29 is 17.2 Å². The van der Waals surface area contributed by atoms with E-state index in [-0.39, 0.29) is 10.5 Å². The maximum atomic E-state index is 14.3. The molecule has 0 aliphatic carbocycles. The molecule has 1 atom stereocenters. The molecule has 2 aromatic carbocycles. The topological polar surface area (TPSA) is 64.0 Å². The Morgan fingerprint density at radius 3 is 2.52 bits per heavy atom. The van der Waals surface area contributed by atoms with Crippen LogP contribution in [0.3, 0.4) is 0 Å². The van der Waals surface area contributed by atoms with Gasteiger partial charge in [-0.25, -0.2) is 22.2 Å². The van der Waals surface area contributed by atoms with Crippen molar-refractivity contribution in [3.8, 4) is 0 Å². The van der Waals surface area contributed by atoms with Crippen LogP contribution in [0.4, 0.5) is 8.78 Å². The summed E-state index contributed by atoms with van der Waals surface area (Å²) in [7, 11) is -2.43. The first-order valence-corrected chi connectivity index (χ1v) is 8.86. The van der Waals surface area contributed by atoms with Crippen molar-refractivity contribution in [3.63, 3.8) is 0 Å². The molecule has 1 unspecified atom stereocenters. The smallest absolute Gasteiger partial charge is 0.241 e. The lowest BCUT2D eigenvalue weighted by atomic mass is 10.1. The number of hydrogen-bond donors (Lipinski definition) is 1. The zero-order valence-corrected chi connectivity index (χ0v) is 14.0. The van der Waals surface area contributed by atoms with Crippen LogP contribution in [0.25, 0.3) is 0 Å². The summed E-state index contributed by atoms with van der Waals surface area (Å²) >= 11 is 0. The van der Waals surface area contributed by atoms with Crippen molar-refractivity contribution in [2.75, 3.05) is 0 Å². The van der Waals surface area contributed by atoms with Crippen molar-refractivity contribution in [2.45, 2.75) is 10.9 Å². The summed E-state index contributed by atoms with van der Waals surface area (Å²) in [6.45, 7) is 0. The van der Waals surface area contributed by atoms with Gasteiger partial charge in [0.25, 0.3) is 0 Å². The number of nitrogens with zero attached hydrogens (tertiary/aromatic N) is 2. The molecule has 1 heterocycles. The molecule has 1 N–H and O–H groups in total. The van der Waals surface area contributed by atoms with Gasteiger partial charge in [0, 0.05) is 25.0 Å².